The van der Waals surface area contributed by atoms with Gasteiger partial charge in [-0.15, -0.1) is 0 Å². The van der Waals surface area contributed by atoms with Gasteiger partial charge in [0.2, 0.25) is 0 Å². The van der Waals surface area contributed by atoms with E-state index in [9.17, 15) is 5.11 Å². The second-order valence-electron chi connectivity index (χ2n) is 8.68. The Morgan fingerprint density at radius 3 is 2.41 bits per heavy atom. The van der Waals surface area contributed by atoms with Gasteiger partial charge in [-0.05, 0) is 45.3 Å². The van der Waals surface area contributed by atoms with Crippen LogP contribution in [-0.2, 0) is 23.7 Å². The first kappa shape index (κ1) is 20.5. The zero-order chi connectivity index (χ0) is 20.9. The molecule has 160 valence electrons. The van der Waals surface area contributed by atoms with Gasteiger partial charge in [-0.1, -0.05) is 18.6 Å². The van der Waals surface area contributed by atoms with Crippen LogP contribution in [0.4, 0.5) is 0 Å². The highest BCUT2D eigenvalue weighted by molar-refractivity contribution is 5.48. The Hall–Kier alpha value is -1.76. The third kappa shape index (κ3) is 2.87. The molecule has 1 heterocycles. The molecule has 0 aromatic heterocycles. The first-order valence-electron chi connectivity index (χ1n) is 10.3. The third-order valence-corrected chi connectivity index (χ3v) is 6.74. The van der Waals surface area contributed by atoms with Gasteiger partial charge < -0.3 is 28.8 Å². The highest BCUT2D eigenvalue weighted by Crippen LogP contribution is 2.58. The summed E-state index contributed by atoms with van der Waals surface area (Å²) in [5.74, 6) is 1.47. The topological polar surface area (TPSA) is 66.4 Å². The second-order valence-corrected chi connectivity index (χ2v) is 8.68. The maximum Gasteiger partial charge on any atom is 0.165 e. The molecule has 1 saturated heterocycles. The van der Waals surface area contributed by atoms with Crippen LogP contribution < -0.4 is 0 Å². The van der Waals surface area contributed by atoms with Crippen LogP contribution in [0.3, 0.4) is 0 Å². The van der Waals surface area contributed by atoms with Crippen LogP contribution in [0.15, 0.2) is 47.2 Å². The highest BCUT2D eigenvalue weighted by Gasteiger charge is 2.67. The van der Waals surface area contributed by atoms with E-state index in [0.29, 0.717) is 0 Å². The van der Waals surface area contributed by atoms with Crippen molar-refractivity contribution >= 4 is 0 Å². The van der Waals surface area contributed by atoms with Gasteiger partial charge in [-0.2, -0.15) is 0 Å². The van der Waals surface area contributed by atoms with Crippen LogP contribution in [0, 0.1) is 11.8 Å². The average Bonchev–Trinajstić information content (AvgIpc) is 2.99. The minimum Gasteiger partial charge on any atom is -0.500 e. The number of ether oxygens (including phenoxy) is 5. The normalized spacial score (nSPS) is 38.0. The Labute approximate surface area is 172 Å². The van der Waals surface area contributed by atoms with E-state index >= 15 is 0 Å². The fourth-order valence-electron chi connectivity index (χ4n) is 5.72. The number of hydrogen-bond acceptors (Lipinski definition) is 6. The van der Waals surface area contributed by atoms with E-state index in [1.165, 1.54) is 0 Å². The van der Waals surface area contributed by atoms with Crippen LogP contribution in [-0.4, -0.2) is 50.0 Å². The van der Waals surface area contributed by atoms with E-state index in [1.54, 1.807) is 21.3 Å². The van der Waals surface area contributed by atoms with Gasteiger partial charge in [0.05, 0.1) is 39.8 Å². The van der Waals surface area contributed by atoms with E-state index < -0.39 is 17.0 Å². The van der Waals surface area contributed by atoms with Crippen molar-refractivity contribution < 1.29 is 28.8 Å². The smallest absolute Gasteiger partial charge is 0.165 e. The van der Waals surface area contributed by atoms with Crippen molar-refractivity contribution in [2.45, 2.75) is 56.5 Å². The molecule has 0 aromatic carbocycles. The van der Waals surface area contributed by atoms with Crippen molar-refractivity contribution in [3.05, 3.63) is 47.2 Å². The molecule has 2 fully saturated rings. The molecule has 4 unspecified atom stereocenters. The lowest BCUT2D eigenvalue weighted by molar-refractivity contribution is -0.172. The molecule has 4 rings (SSSR count). The van der Waals surface area contributed by atoms with Crippen LogP contribution in [0.25, 0.3) is 0 Å². The Balaban J connectivity index is 1.92. The first-order valence-corrected chi connectivity index (χ1v) is 10.3. The summed E-state index contributed by atoms with van der Waals surface area (Å²) in [5, 5.41) is 10.5. The molecule has 0 spiro atoms. The lowest BCUT2D eigenvalue weighted by Gasteiger charge is -2.48. The molecule has 6 nitrogen and oxygen atoms in total. The van der Waals surface area contributed by atoms with Crippen LogP contribution in [0.5, 0.6) is 0 Å². The molecule has 0 amide bonds. The monoisotopic (exact) mass is 404 g/mol. The molecule has 0 aromatic rings. The molecule has 29 heavy (non-hydrogen) atoms. The highest BCUT2D eigenvalue weighted by atomic mass is 16.8. The van der Waals surface area contributed by atoms with Crippen molar-refractivity contribution in [1.29, 1.82) is 0 Å². The number of rotatable bonds is 5. The van der Waals surface area contributed by atoms with Gasteiger partial charge in [-0.3, -0.25) is 0 Å². The van der Waals surface area contributed by atoms with Crippen LogP contribution >= 0.6 is 0 Å². The minimum absolute atomic E-state index is 0.0742. The van der Waals surface area contributed by atoms with Crippen LogP contribution in [0.1, 0.15) is 39.5 Å². The van der Waals surface area contributed by atoms with E-state index in [4.69, 9.17) is 23.7 Å². The minimum atomic E-state index is -0.811. The molecule has 3 aliphatic carbocycles. The number of fused-ring (bicyclic) bond motifs is 2. The van der Waals surface area contributed by atoms with Crippen molar-refractivity contribution in [3.63, 3.8) is 0 Å². The second kappa shape index (κ2) is 7.18. The van der Waals surface area contributed by atoms with Gasteiger partial charge in [0.1, 0.15) is 28.5 Å². The first-order chi connectivity index (χ1) is 13.9. The lowest BCUT2D eigenvalue weighted by Crippen LogP contribution is -2.58. The summed E-state index contributed by atoms with van der Waals surface area (Å²) in [7, 11) is 5.05. The molecule has 1 N–H and O–H groups in total. The van der Waals surface area contributed by atoms with Crippen molar-refractivity contribution in [1.82, 2.24) is 0 Å². The zero-order valence-corrected chi connectivity index (χ0v) is 18.0. The third-order valence-electron chi connectivity index (χ3n) is 6.74. The van der Waals surface area contributed by atoms with Gasteiger partial charge in [0.15, 0.2) is 5.79 Å². The number of methoxy groups -OCH3 is 3. The van der Waals surface area contributed by atoms with E-state index in [2.05, 4.69) is 6.08 Å². The molecular formula is C23H32O6. The molecule has 0 radical (unpaired) electrons. The molecule has 4 aliphatic rings. The Bertz CT molecular complexity index is 791. The summed E-state index contributed by atoms with van der Waals surface area (Å²) in [5.41, 5.74) is -0.709. The van der Waals surface area contributed by atoms with E-state index in [1.807, 2.05) is 32.1 Å². The molecular weight excluding hydrogens is 372 g/mol. The van der Waals surface area contributed by atoms with E-state index in [0.717, 1.165) is 48.5 Å². The fourth-order valence-corrected chi connectivity index (χ4v) is 5.72. The SMILES string of the molecule is COC1=CC=CC2C(OC)=C(C34CCCCC3(CO)OC(C)(C)O4)C=C(OC)C12. The molecule has 6 heteroatoms. The Morgan fingerprint density at radius 1 is 1.03 bits per heavy atom. The quantitative estimate of drug-likeness (QED) is 0.755. The lowest BCUT2D eigenvalue weighted by atomic mass is 9.64. The van der Waals surface area contributed by atoms with Gasteiger partial charge in [0, 0.05) is 5.57 Å². The van der Waals surface area contributed by atoms with Gasteiger partial charge >= 0.3 is 0 Å². The predicted molar refractivity (Wildman–Crippen MR) is 108 cm³/mol. The largest absolute Gasteiger partial charge is 0.500 e. The number of aliphatic hydroxyl groups is 1. The standard InChI is InChI=1S/C23H32O6/c1-21(2)28-22(14-24)11-6-7-12-23(22,29-21)16-13-18(26-4)19-15(20(16)27-5)9-8-10-17(19)25-3/h8-10,13,15,19,24H,6-7,11-12,14H2,1-5H3. The predicted octanol–water partition coefficient (Wildman–Crippen LogP) is 3.59. The summed E-state index contributed by atoms with van der Waals surface area (Å²) in [6.45, 7) is 3.72. The van der Waals surface area contributed by atoms with Crippen molar-refractivity contribution in [3.8, 4) is 0 Å². The number of allylic oxidation sites excluding steroid dienone is 3. The number of aliphatic hydroxyl groups excluding tert-OH is 1. The maximum absolute atomic E-state index is 10.5. The maximum atomic E-state index is 10.5. The molecule has 1 aliphatic heterocycles. The summed E-state index contributed by atoms with van der Waals surface area (Å²) in [6.07, 6.45) is 11.5. The summed E-state index contributed by atoms with van der Waals surface area (Å²) in [6, 6.07) is 0. The Morgan fingerprint density at radius 2 is 1.76 bits per heavy atom. The molecule has 0 bridgehead atoms. The summed E-state index contributed by atoms with van der Waals surface area (Å²) >= 11 is 0. The van der Waals surface area contributed by atoms with Crippen molar-refractivity contribution in [2.75, 3.05) is 27.9 Å². The molecule has 1 saturated carbocycles. The number of hydrogen-bond donors (Lipinski definition) is 1. The molecule has 4 atom stereocenters. The zero-order valence-electron chi connectivity index (χ0n) is 18.0. The average molecular weight is 405 g/mol. The van der Waals surface area contributed by atoms with Crippen molar-refractivity contribution in [2.24, 2.45) is 11.8 Å². The summed E-state index contributed by atoms with van der Waals surface area (Å²) in [4.78, 5) is 0. The fraction of sp³-hybridized carbons (Fsp3) is 0.652. The van der Waals surface area contributed by atoms with E-state index in [-0.39, 0.29) is 18.4 Å². The van der Waals surface area contributed by atoms with Gasteiger partial charge in [-0.25, -0.2) is 0 Å². The van der Waals surface area contributed by atoms with Gasteiger partial charge in [0.25, 0.3) is 0 Å². The van der Waals surface area contributed by atoms with Crippen LogP contribution in [0.2, 0.25) is 0 Å². The summed E-state index contributed by atoms with van der Waals surface area (Å²) < 4.78 is 30.5. The Kier molecular flexibility index (Phi) is 5.08.